The smallest absolute Gasteiger partial charge is 0.333 e. The second kappa shape index (κ2) is 8.20. The maximum absolute atomic E-state index is 13.7. The van der Waals surface area contributed by atoms with Crippen LogP contribution in [0.15, 0.2) is 79.4 Å². The lowest BCUT2D eigenvalue weighted by Crippen LogP contribution is -2.25. The van der Waals surface area contributed by atoms with Crippen LogP contribution in [0.3, 0.4) is 0 Å². The average Bonchev–Trinajstić information content (AvgIpc) is 2.65. The Morgan fingerprint density at radius 3 is 2.36 bits per heavy atom. The van der Waals surface area contributed by atoms with E-state index >= 15 is 0 Å². The van der Waals surface area contributed by atoms with E-state index < -0.39 is 23.6 Å². The topological polar surface area (TPSA) is 43.4 Å². The van der Waals surface area contributed by atoms with Gasteiger partial charge in [-0.3, -0.25) is 4.79 Å². The Morgan fingerprint density at radius 1 is 1.12 bits per heavy atom. The first-order valence-electron chi connectivity index (χ1n) is 7.74. The number of ketones is 1. The minimum absolute atomic E-state index is 0.0716. The van der Waals surface area contributed by atoms with Crippen LogP contribution in [0.1, 0.15) is 21.8 Å². The van der Waals surface area contributed by atoms with E-state index in [1.165, 1.54) is 31.4 Å². The van der Waals surface area contributed by atoms with Gasteiger partial charge in [0.25, 0.3) is 0 Å². The van der Waals surface area contributed by atoms with Crippen molar-refractivity contribution in [2.75, 3.05) is 7.11 Å². The summed E-state index contributed by atoms with van der Waals surface area (Å²) < 4.78 is 18.5. The number of halogens is 1. The van der Waals surface area contributed by atoms with Gasteiger partial charge in [0, 0.05) is 17.1 Å². The van der Waals surface area contributed by atoms with Crippen molar-refractivity contribution in [2.45, 2.75) is 5.92 Å². The fourth-order valence-corrected chi connectivity index (χ4v) is 2.77. The molecule has 4 heteroatoms. The molecule has 2 aromatic rings. The van der Waals surface area contributed by atoms with Crippen LogP contribution in [0.5, 0.6) is 0 Å². The van der Waals surface area contributed by atoms with Crippen molar-refractivity contribution in [3.8, 4) is 0 Å². The van der Waals surface area contributed by atoms with Gasteiger partial charge >= 0.3 is 5.97 Å². The molecule has 0 saturated heterocycles. The molecule has 0 spiro atoms. The molecule has 3 nitrogen and oxygen atoms in total. The Hall–Kier alpha value is -3.01. The van der Waals surface area contributed by atoms with Crippen LogP contribution >= 0.6 is 0 Å². The molecule has 2 rings (SSSR count). The van der Waals surface area contributed by atoms with Crippen molar-refractivity contribution in [3.05, 3.63) is 96.3 Å². The SMILES string of the molecule is C=CC(C(=O)c1ccccc1)C(C(=C)C(=O)OC)c1cccc(F)c1. The molecule has 0 heterocycles. The van der Waals surface area contributed by atoms with E-state index in [1.807, 2.05) is 0 Å². The van der Waals surface area contributed by atoms with Crippen LogP contribution in [-0.4, -0.2) is 18.9 Å². The summed E-state index contributed by atoms with van der Waals surface area (Å²) in [5.74, 6) is -2.89. The normalized spacial score (nSPS) is 12.7. The number of carbonyl (C=O) groups is 2. The second-order valence-electron chi connectivity index (χ2n) is 5.54. The van der Waals surface area contributed by atoms with Gasteiger partial charge in [-0.1, -0.05) is 55.1 Å². The van der Waals surface area contributed by atoms with Crippen LogP contribution in [0.2, 0.25) is 0 Å². The molecule has 128 valence electrons. The van der Waals surface area contributed by atoms with Gasteiger partial charge in [0.15, 0.2) is 5.78 Å². The van der Waals surface area contributed by atoms with E-state index in [1.54, 1.807) is 36.4 Å². The summed E-state index contributed by atoms with van der Waals surface area (Å²) in [5, 5.41) is 0. The van der Waals surface area contributed by atoms with E-state index in [0.717, 1.165) is 0 Å². The average molecular weight is 338 g/mol. The molecular weight excluding hydrogens is 319 g/mol. The summed E-state index contributed by atoms with van der Waals surface area (Å²) in [6.07, 6.45) is 1.46. The first-order valence-corrected chi connectivity index (χ1v) is 7.74. The molecule has 0 aliphatic carbocycles. The number of ether oxygens (including phenoxy) is 1. The fraction of sp³-hybridized carbons (Fsp3) is 0.143. The van der Waals surface area contributed by atoms with Crippen molar-refractivity contribution in [1.82, 2.24) is 0 Å². The molecule has 0 aromatic heterocycles. The van der Waals surface area contributed by atoms with Gasteiger partial charge in [-0.15, -0.1) is 6.58 Å². The van der Waals surface area contributed by atoms with Gasteiger partial charge in [-0.05, 0) is 17.7 Å². The Kier molecular flexibility index (Phi) is 6.01. The quantitative estimate of drug-likeness (QED) is 0.327. The molecule has 0 amide bonds. The molecule has 0 aliphatic heterocycles. The highest BCUT2D eigenvalue weighted by atomic mass is 19.1. The third-order valence-corrected chi connectivity index (χ3v) is 4.00. The zero-order valence-electron chi connectivity index (χ0n) is 13.9. The minimum atomic E-state index is -0.782. The van der Waals surface area contributed by atoms with Crippen LogP contribution in [-0.2, 0) is 9.53 Å². The predicted octanol–water partition coefficient (Wildman–Crippen LogP) is 4.32. The van der Waals surface area contributed by atoms with Crippen LogP contribution in [0.4, 0.5) is 4.39 Å². The van der Waals surface area contributed by atoms with Gasteiger partial charge < -0.3 is 4.74 Å². The summed E-state index contributed by atoms with van der Waals surface area (Å²) in [4.78, 5) is 25.0. The highest BCUT2D eigenvalue weighted by Crippen LogP contribution is 2.35. The Labute approximate surface area is 146 Å². The number of methoxy groups -OCH3 is 1. The van der Waals surface area contributed by atoms with E-state index in [2.05, 4.69) is 13.2 Å². The third-order valence-electron chi connectivity index (χ3n) is 4.00. The lowest BCUT2D eigenvalue weighted by molar-refractivity contribution is -0.136. The van der Waals surface area contributed by atoms with Gasteiger partial charge in [0.1, 0.15) is 5.82 Å². The van der Waals surface area contributed by atoms with E-state index in [-0.39, 0.29) is 11.4 Å². The van der Waals surface area contributed by atoms with Crippen molar-refractivity contribution >= 4 is 11.8 Å². The number of hydrogen-bond donors (Lipinski definition) is 0. The first kappa shape index (κ1) is 18.3. The molecule has 0 N–H and O–H groups in total. The Morgan fingerprint density at radius 2 is 1.80 bits per heavy atom. The number of Topliss-reactive ketones (excluding diaryl/α,β-unsaturated/α-hetero) is 1. The fourth-order valence-electron chi connectivity index (χ4n) is 2.77. The Balaban J connectivity index is 2.52. The molecule has 25 heavy (non-hydrogen) atoms. The second-order valence-corrected chi connectivity index (χ2v) is 5.54. The molecule has 0 bridgehead atoms. The zero-order valence-corrected chi connectivity index (χ0v) is 13.9. The van der Waals surface area contributed by atoms with Crippen molar-refractivity contribution in [1.29, 1.82) is 0 Å². The molecule has 0 fully saturated rings. The summed E-state index contributed by atoms with van der Waals surface area (Å²) in [5.41, 5.74) is 1.01. The van der Waals surface area contributed by atoms with Crippen LogP contribution in [0, 0.1) is 11.7 Å². The number of allylic oxidation sites excluding steroid dienone is 1. The van der Waals surface area contributed by atoms with Crippen molar-refractivity contribution in [3.63, 3.8) is 0 Å². The summed E-state index contributed by atoms with van der Waals surface area (Å²) in [6.45, 7) is 7.52. The van der Waals surface area contributed by atoms with Gasteiger partial charge in [0.05, 0.1) is 13.0 Å². The molecule has 0 aliphatic rings. The van der Waals surface area contributed by atoms with Crippen molar-refractivity contribution < 1.29 is 18.7 Å². The number of hydrogen-bond acceptors (Lipinski definition) is 3. The molecular formula is C21H19FO3. The molecule has 2 aromatic carbocycles. The molecule has 2 unspecified atom stereocenters. The van der Waals surface area contributed by atoms with Crippen LogP contribution < -0.4 is 0 Å². The van der Waals surface area contributed by atoms with E-state index in [9.17, 15) is 14.0 Å². The number of benzene rings is 2. The van der Waals surface area contributed by atoms with Gasteiger partial charge in [0.2, 0.25) is 0 Å². The first-order chi connectivity index (χ1) is 12.0. The highest BCUT2D eigenvalue weighted by molar-refractivity contribution is 6.01. The monoisotopic (exact) mass is 338 g/mol. The molecule has 2 atom stereocenters. The molecule has 0 radical (unpaired) electrons. The van der Waals surface area contributed by atoms with E-state index in [0.29, 0.717) is 11.1 Å². The van der Waals surface area contributed by atoms with Crippen LogP contribution in [0.25, 0.3) is 0 Å². The zero-order chi connectivity index (χ0) is 18.4. The largest absolute Gasteiger partial charge is 0.466 e. The third kappa shape index (κ3) is 4.10. The molecule has 0 saturated carbocycles. The summed E-state index contributed by atoms with van der Waals surface area (Å²) >= 11 is 0. The minimum Gasteiger partial charge on any atom is -0.466 e. The number of rotatable bonds is 7. The highest BCUT2D eigenvalue weighted by Gasteiger charge is 2.33. The Bertz CT molecular complexity index is 796. The van der Waals surface area contributed by atoms with Gasteiger partial charge in [-0.25, -0.2) is 9.18 Å². The lowest BCUT2D eigenvalue weighted by atomic mass is 9.77. The number of carbonyl (C=O) groups excluding carboxylic acids is 2. The van der Waals surface area contributed by atoms with E-state index in [4.69, 9.17) is 4.74 Å². The number of esters is 1. The maximum Gasteiger partial charge on any atom is 0.333 e. The standard InChI is InChI=1S/C21H19FO3/c1-4-18(20(23)15-9-6-5-7-10-15)19(14(2)21(24)25-3)16-11-8-12-17(22)13-16/h4-13,18-19H,1-2H2,3H3. The summed E-state index contributed by atoms with van der Waals surface area (Å²) in [6, 6.07) is 14.4. The summed E-state index contributed by atoms with van der Waals surface area (Å²) in [7, 11) is 1.23. The van der Waals surface area contributed by atoms with Gasteiger partial charge in [-0.2, -0.15) is 0 Å². The predicted molar refractivity (Wildman–Crippen MR) is 94.8 cm³/mol. The lowest BCUT2D eigenvalue weighted by Gasteiger charge is -2.25. The van der Waals surface area contributed by atoms with Crippen molar-refractivity contribution in [2.24, 2.45) is 5.92 Å². The maximum atomic E-state index is 13.7.